The number of esters is 2. The van der Waals surface area contributed by atoms with E-state index < -0.39 is 18.2 Å². The Bertz CT molecular complexity index is 295. The summed E-state index contributed by atoms with van der Waals surface area (Å²) in [6, 6.07) is 0. The van der Waals surface area contributed by atoms with Gasteiger partial charge in [-0.15, -0.1) is 0 Å². The Kier molecular flexibility index (Phi) is 4.34. The van der Waals surface area contributed by atoms with Crippen molar-refractivity contribution in [2.24, 2.45) is 5.92 Å². The first-order chi connectivity index (χ1) is 7.54. The normalized spacial score (nSPS) is 23.8. The third-order valence-electron chi connectivity index (χ3n) is 2.19. The molecule has 0 bridgehead atoms. The molecule has 1 aliphatic heterocycles. The van der Waals surface area contributed by atoms with Crippen molar-refractivity contribution in [3.05, 3.63) is 12.3 Å². The molecule has 90 valence electrons. The van der Waals surface area contributed by atoms with Gasteiger partial charge in [0, 0.05) is 6.42 Å². The van der Waals surface area contributed by atoms with Crippen molar-refractivity contribution in [1.29, 1.82) is 0 Å². The van der Waals surface area contributed by atoms with Crippen LogP contribution in [0, 0.1) is 5.92 Å². The minimum Gasteiger partial charge on any atom is -0.486 e. The van der Waals surface area contributed by atoms with Crippen molar-refractivity contribution in [1.82, 2.24) is 0 Å². The van der Waals surface area contributed by atoms with Crippen LogP contribution in [-0.4, -0.2) is 31.3 Å². The molecule has 0 fully saturated rings. The van der Waals surface area contributed by atoms with Crippen molar-refractivity contribution >= 4 is 11.9 Å². The number of carbonyl (C=O) groups excluding carboxylic acids is 2. The predicted octanol–water partition coefficient (Wildman–Crippen LogP) is 1.03. The van der Waals surface area contributed by atoms with Gasteiger partial charge in [-0.25, -0.2) is 4.79 Å². The summed E-state index contributed by atoms with van der Waals surface area (Å²) in [6.07, 6.45) is 2.15. The van der Waals surface area contributed by atoms with Gasteiger partial charge in [-0.2, -0.15) is 0 Å². The summed E-state index contributed by atoms with van der Waals surface area (Å²) in [4.78, 5) is 22.6. The van der Waals surface area contributed by atoms with Gasteiger partial charge in [0.2, 0.25) is 0 Å². The second kappa shape index (κ2) is 5.53. The molecular formula is C11H16O5. The molecule has 5 nitrogen and oxygen atoms in total. The number of rotatable bonds is 3. The number of methoxy groups -OCH3 is 1. The van der Waals surface area contributed by atoms with E-state index in [4.69, 9.17) is 9.47 Å². The van der Waals surface area contributed by atoms with Crippen LogP contribution in [0.5, 0.6) is 0 Å². The van der Waals surface area contributed by atoms with E-state index in [1.165, 1.54) is 13.4 Å². The second-order valence-electron chi connectivity index (χ2n) is 3.84. The first-order valence-corrected chi connectivity index (χ1v) is 5.15. The van der Waals surface area contributed by atoms with Gasteiger partial charge in [-0.1, -0.05) is 13.8 Å². The van der Waals surface area contributed by atoms with Crippen LogP contribution in [0.2, 0.25) is 0 Å². The molecule has 0 N–H and O–H groups in total. The molecule has 0 amide bonds. The summed E-state index contributed by atoms with van der Waals surface area (Å²) in [5, 5.41) is 0. The van der Waals surface area contributed by atoms with E-state index in [0.29, 0.717) is 6.42 Å². The van der Waals surface area contributed by atoms with Gasteiger partial charge in [0.1, 0.15) is 6.10 Å². The smallest absolute Gasteiger partial charge is 0.347 e. The third-order valence-corrected chi connectivity index (χ3v) is 2.19. The molecule has 5 heteroatoms. The van der Waals surface area contributed by atoms with Crippen LogP contribution < -0.4 is 0 Å². The van der Waals surface area contributed by atoms with Gasteiger partial charge in [-0.3, -0.25) is 4.79 Å². The minimum atomic E-state index is -0.694. The standard InChI is InChI=1S/C11H16O5/c1-7(2)10(12)16-8-4-5-15-9(6-8)11(13)14-3/h4-5,7-9H,6H2,1-3H3/t8-,9+/m1/s1. The van der Waals surface area contributed by atoms with Crippen LogP contribution in [0.15, 0.2) is 12.3 Å². The predicted molar refractivity (Wildman–Crippen MR) is 55.4 cm³/mol. The average molecular weight is 228 g/mol. The van der Waals surface area contributed by atoms with E-state index in [2.05, 4.69) is 4.74 Å². The molecule has 16 heavy (non-hydrogen) atoms. The fourth-order valence-corrected chi connectivity index (χ4v) is 1.23. The molecule has 0 radical (unpaired) electrons. The molecule has 2 atom stereocenters. The summed E-state index contributed by atoms with van der Waals surface area (Å²) in [5.74, 6) is -0.942. The minimum absolute atomic E-state index is 0.187. The molecule has 0 aliphatic carbocycles. The van der Waals surface area contributed by atoms with Crippen LogP contribution in [0.4, 0.5) is 0 Å². The Morgan fingerprint density at radius 1 is 1.44 bits per heavy atom. The lowest BCUT2D eigenvalue weighted by Crippen LogP contribution is -2.33. The molecule has 0 aromatic heterocycles. The lowest BCUT2D eigenvalue weighted by molar-refractivity contribution is -0.160. The molecular weight excluding hydrogens is 212 g/mol. The summed E-state index contributed by atoms with van der Waals surface area (Å²) in [6.45, 7) is 3.51. The van der Waals surface area contributed by atoms with Crippen molar-refractivity contribution in [3.8, 4) is 0 Å². The van der Waals surface area contributed by atoms with Gasteiger partial charge >= 0.3 is 11.9 Å². The Morgan fingerprint density at radius 3 is 2.69 bits per heavy atom. The van der Waals surface area contributed by atoms with Crippen LogP contribution in [0.1, 0.15) is 20.3 Å². The molecule has 0 aromatic carbocycles. The first kappa shape index (κ1) is 12.5. The molecule has 1 rings (SSSR count). The molecule has 0 saturated heterocycles. The molecule has 0 aromatic rings. The fourth-order valence-electron chi connectivity index (χ4n) is 1.23. The van der Waals surface area contributed by atoms with Crippen molar-refractivity contribution in [3.63, 3.8) is 0 Å². The third kappa shape index (κ3) is 3.25. The highest BCUT2D eigenvalue weighted by Gasteiger charge is 2.28. The highest BCUT2D eigenvalue weighted by Crippen LogP contribution is 2.16. The largest absolute Gasteiger partial charge is 0.486 e. The van der Waals surface area contributed by atoms with Gasteiger partial charge in [-0.05, 0) is 6.08 Å². The maximum Gasteiger partial charge on any atom is 0.347 e. The van der Waals surface area contributed by atoms with Crippen LogP contribution >= 0.6 is 0 Å². The lowest BCUT2D eigenvalue weighted by Gasteiger charge is -2.24. The summed E-state index contributed by atoms with van der Waals surface area (Å²) in [5.41, 5.74) is 0. The highest BCUT2D eigenvalue weighted by atomic mass is 16.6. The van der Waals surface area contributed by atoms with E-state index >= 15 is 0 Å². The topological polar surface area (TPSA) is 61.8 Å². The Labute approximate surface area is 94.4 Å². The van der Waals surface area contributed by atoms with Gasteiger partial charge in [0.05, 0.1) is 19.3 Å². The maximum atomic E-state index is 11.3. The number of hydrogen-bond donors (Lipinski definition) is 0. The van der Waals surface area contributed by atoms with Gasteiger partial charge in [0.25, 0.3) is 0 Å². The molecule has 1 aliphatic rings. The van der Waals surface area contributed by atoms with E-state index in [1.807, 2.05) is 0 Å². The zero-order chi connectivity index (χ0) is 12.1. The van der Waals surface area contributed by atoms with E-state index in [1.54, 1.807) is 19.9 Å². The summed E-state index contributed by atoms with van der Waals surface area (Å²) in [7, 11) is 1.29. The summed E-state index contributed by atoms with van der Waals surface area (Å²) >= 11 is 0. The SMILES string of the molecule is COC(=O)[C@@H]1C[C@H](OC(=O)C(C)C)C=CO1. The first-order valence-electron chi connectivity index (χ1n) is 5.15. The number of ether oxygens (including phenoxy) is 3. The molecule has 0 unspecified atom stereocenters. The van der Waals surface area contributed by atoms with Crippen LogP contribution in [0.3, 0.4) is 0 Å². The molecule has 0 spiro atoms. The van der Waals surface area contributed by atoms with Crippen molar-refractivity contribution in [2.75, 3.05) is 7.11 Å². The molecule has 1 heterocycles. The monoisotopic (exact) mass is 228 g/mol. The Balaban J connectivity index is 2.51. The van der Waals surface area contributed by atoms with E-state index in [0.717, 1.165) is 0 Å². The number of hydrogen-bond acceptors (Lipinski definition) is 5. The molecule has 0 saturated carbocycles. The summed E-state index contributed by atoms with van der Waals surface area (Å²) < 4.78 is 14.8. The van der Waals surface area contributed by atoms with Gasteiger partial charge in [0.15, 0.2) is 6.10 Å². The maximum absolute atomic E-state index is 11.3. The Morgan fingerprint density at radius 2 is 2.12 bits per heavy atom. The van der Waals surface area contributed by atoms with E-state index in [9.17, 15) is 9.59 Å². The fraction of sp³-hybridized carbons (Fsp3) is 0.636. The zero-order valence-electron chi connectivity index (χ0n) is 9.64. The van der Waals surface area contributed by atoms with Crippen molar-refractivity contribution < 1.29 is 23.8 Å². The average Bonchev–Trinajstić information content (AvgIpc) is 2.28. The highest BCUT2D eigenvalue weighted by molar-refractivity contribution is 5.75. The lowest BCUT2D eigenvalue weighted by atomic mass is 10.1. The quantitative estimate of drug-likeness (QED) is 0.675. The second-order valence-corrected chi connectivity index (χ2v) is 3.84. The zero-order valence-corrected chi connectivity index (χ0v) is 9.64. The Hall–Kier alpha value is -1.52. The number of carbonyl (C=O) groups is 2. The van der Waals surface area contributed by atoms with Crippen molar-refractivity contribution in [2.45, 2.75) is 32.5 Å². The van der Waals surface area contributed by atoms with Crippen LogP contribution in [-0.2, 0) is 23.8 Å². The van der Waals surface area contributed by atoms with Gasteiger partial charge < -0.3 is 14.2 Å². The van der Waals surface area contributed by atoms with E-state index in [-0.39, 0.29) is 11.9 Å². The van der Waals surface area contributed by atoms with Crippen LogP contribution in [0.25, 0.3) is 0 Å².